The number of carbonyl (C=O) groups is 2. The van der Waals surface area contributed by atoms with Crippen molar-refractivity contribution in [3.05, 3.63) is 60.7 Å². The summed E-state index contributed by atoms with van der Waals surface area (Å²) >= 11 is 0. The van der Waals surface area contributed by atoms with Crippen molar-refractivity contribution >= 4 is 32.8 Å². The second-order valence-electron chi connectivity index (χ2n) is 13.3. The van der Waals surface area contributed by atoms with E-state index in [4.69, 9.17) is 4.74 Å². The van der Waals surface area contributed by atoms with E-state index < -0.39 is 52.9 Å². The lowest BCUT2D eigenvalue weighted by Gasteiger charge is -2.35. The second-order valence-corrected chi connectivity index (χ2v) is 15.1. The number of fused-ring (bicyclic) bond motifs is 1. The molecule has 0 aromatic heterocycles. The van der Waals surface area contributed by atoms with Gasteiger partial charge in [0.2, 0.25) is 11.8 Å². The van der Waals surface area contributed by atoms with Gasteiger partial charge < -0.3 is 25.6 Å². The predicted octanol–water partition coefficient (Wildman–Crippen LogP) is 2.98. The van der Waals surface area contributed by atoms with Crippen LogP contribution in [0.5, 0.6) is 0 Å². The summed E-state index contributed by atoms with van der Waals surface area (Å²) in [6, 6.07) is 13.1. The minimum absolute atomic E-state index is 0.0985. The molecule has 11 nitrogen and oxygen atoms in total. The molecule has 4 atom stereocenters. The maximum Gasteiger partial charge on any atom is 0.280 e. The third kappa shape index (κ3) is 10.6. The fourth-order valence-electron chi connectivity index (χ4n) is 6.81. The number of ether oxygens (including phenoxy) is 1. The van der Waals surface area contributed by atoms with Crippen LogP contribution in [0.1, 0.15) is 70.3 Å². The van der Waals surface area contributed by atoms with Gasteiger partial charge in [0, 0.05) is 13.1 Å². The predicted molar refractivity (Wildman–Crippen MR) is 183 cm³/mol. The second kappa shape index (κ2) is 17.5. The van der Waals surface area contributed by atoms with E-state index in [1.165, 1.54) is 26.7 Å². The minimum Gasteiger partial charge on any atom is -0.390 e. The summed E-state index contributed by atoms with van der Waals surface area (Å²) in [6.45, 7) is 8.02. The number of aliphatic hydroxyl groups excluding tert-OH is 2. The van der Waals surface area contributed by atoms with Crippen LogP contribution in [0, 0.1) is 11.8 Å². The van der Waals surface area contributed by atoms with E-state index in [1.807, 2.05) is 13.8 Å². The zero-order valence-corrected chi connectivity index (χ0v) is 28.5. The Bertz CT molecular complexity index is 1430. The Hall–Kier alpha value is -2.87. The zero-order valence-electron chi connectivity index (χ0n) is 27.6. The summed E-state index contributed by atoms with van der Waals surface area (Å²) in [5.74, 6) is -0.405. The van der Waals surface area contributed by atoms with Crippen molar-refractivity contribution in [2.24, 2.45) is 11.8 Å². The summed E-state index contributed by atoms with van der Waals surface area (Å²) < 4.78 is 33.8. The Morgan fingerprint density at radius 3 is 2.38 bits per heavy atom. The molecule has 5 N–H and O–H groups in total. The number of hydrogen-bond acceptors (Lipinski definition) is 7. The highest BCUT2D eigenvalue weighted by atomic mass is 32.2. The van der Waals surface area contributed by atoms with Crippen LogP contribution in [-0.4, -0.2) is 91.9 Å². The highest BCUT2D eigenvalue weighted by Gasteiger charge is 2.34. The lowest BCUT2D eigenvalue weighted by Crippen LogP contribution is -2.56. The van der Waals surface area contributed by atoms with Crippen molar-refractivity contribution in [3.8, 4) is 0 Å². The minimum atomic E-state index is -3.88. The quantitative estimate of drug-likeness (QED) is 0.172. The third-order valence-corrected chi connectivity index (χ3v) is 10.9. The lowest BCUT2D eigenvalue weighted by atomic mass is 9.75. The van der Waals surface area contributed by atoms with Gasteiger partial charge >= 0.3 is 0 Å². The SMILES string of the molecule is C=CCC(NC(=O)CNS(=O)(=O)N1CCOCC1)C(=O)N[C@@H](CC1CCC(c2cccc3ccccc23)CC1)[C@@H](O)[C@@H](O)CC(C)C. The van der Waals surface area contributed by atoms with Gasteiger partial charge in [0.1, 0.15) is 12.1 Å². The monoisotopic (exact) mass is 672 g/mol. The van der Waals surface area contributed by atoms with E-state index in [0.29, 0.717) is 18.8 Å². The highest BCUT2D eigenvalue weighted by Crippen LogP contribution is 2.40. The van der Waals surface area contributed by atoms with Gasteiger partial charge in [-0.05, 0) is 79.0 Å². The summed E-state index contributed by atoms with van der Waals surface area (Å²) in [6.07, 6.45) is 4.03. The van der Waals surface area contributed by atoms with Crippen LogP contribution >= 0.6 is 0 Å². The van der Waals surface area contributed by atoms with E-state index in [1.54, 1.807) is 0 Å². The molecule has 2 aliphatic rings. The van der Waals surface area contributed by atoms with Crippen LogP contribution < -0.4 is 15.4 Å². The summed E-state index contributed by atoms with van der Waals surface area (Å²) in [7, 11) is -3.88. The molecule has 2 amide bonds. The first kappa shape index (κ1) is 37.0. The standard InChI is InChI=1S/C35H52N4O7S/c1-4-8-30(37-33(41)23-36-47(44,45)39-17-19-46-20-18-39)35(43)38-31(34(42)32(40)21-24(2)3)22-25-13-15-27(16-14-25)29-12-7-10-26-9-5-6-11-28(26)29/h4-7,9-12,24-25,27,30-32,34,36,40,42H,1,8,13-23H2,2-3H3,(H,37,41)(H,38,43)/t25?,27?,30?,31-,32-,34+/m0/s1. The normalized spacial score (nSPS) is 21.9. The maximum absolute atomic E-state index is 13.6. The average molecular weight is 673 g/mol. The van der Waals surface area contributed by atoms with Gasteiger partial charge in [-0.15, -0.1) is 6.58 Å². The number of carbonyl (C=O) groups excluding carboxylic acids is 2. The van der Waals surface area contributed by atoms with Gasteiger partial charge in [0.15, 0.2) is 0 Å². The number of benzene rings is 2. The summed E-state index contributed by atoms with van der Waals surface area (Å²) in [5.41, 5.74) is 1.36. The molecule has 12 heteroatoms. The number of nitrogens with zero attached hydrogens (tertiary/aromatic N) is 1. The zero-order chi connectivity index (χ0) is 34.0. The number of hydrogen-bond donors (Lipinski definition) is 5. The molecular formula is C35H52N4O7S. The molecule has 0 spiro atoms. The van der Waals surface area contributed by atoms with Gasteiger partial charge in [-0.25, -0.2) is 0 Å². The molecule has 0 bridgehead atoms. The van der Waals surface area contributed by atoms with E-state index >= 15 is 0 Å². The summed E-state index contributed by atoms with van der Waals surface area (Å²) in [4.78, 5) is 26.3. The fourth-order valence-corrected chi connectivity index (χ4v) is 7.94. The molecule has 1 saturated carbocycles. The Morgan fingerprint density at radius 2 is 1.70 bits per heavy atom. The van der Waals surface area contributed by atoms with Crippen molar-refractivity contribution in [2.75, 3.05) is 32.8 Å². The molecule has 1 saturated heterocycles. The smallest absolute Gasteiger partial charge is 0.280 e. The molecule has 1 aliphatic carbocycles. The van der Waals surface area contributed by atoms with Gasteiger partial charge in [0.25, 0.3) is 10.2 Å². The molecule has 2 aromatic carbocycles. The van der Waals surface area contributed by atoms with Crippen molar-refractivity contribution in [3.63, 3.8) is 0 Å². The van der Waals surface area contributed by atoms with E-state index in [2.05, 4.69) is 64.4 Å². The maximum atomic E-state index is 13.6. The third-order valence-electron chi connectivity index (χ3n) is 9.32. The first-order chi connectivity index (χ1) is 22.5. The molecule has 4 rings (SSSR count). The first-order valence-corrected chi connectivity index (χ1v) is 18.3. The largest absolute Gasteiger partial charge is 0.390 e. The van der Waals surface area contributed by atoms with Gasteiger partial charge in [-0.1, -0.05) is 62.4 Å². The Kier molecular flexibility index (Phi) is 13.8. The number of nitrogens with one attached hydrogen (secondary N) is 3. The van der Waals surface area contributed by atoms with Gasteiger partial charge in [-0.3, -0.25) is 9.59 Å². The number of rotatable bonds is 16. The molecule has 1 heterocycles. The molecule has 1 unspecified atom stereocenters. The lowest BCUT2D eigenvalue weighted by molar-refractivity contribution is -0.130. The van der Waals surface area contributed by atoms with E-state index in [9.17, 15) is 28.2 Å². The number of amides is 2. The van der Waals surface area contributed by atoms with Crippen molar-refractivity contribution in [1.29, 1.82) is 0 Å². The van der Waals surface area contributed by atoms with E-state index in [-0.39, 0.29) is 44.6 Å². The fraction of sp³-hybridized carbons (Fsp3) is 0.600. The van der Waals surface area contributed by atoms with Crippen molar-refractivity contribution in [1.82, 2.24) is 19.7 Å². The molecule has 260 valence electrons. The van der Waals surface area contributed by atoms with Crippen molar-refractivity contribution in [2.45, 2.75) is 89.0 Å². The number of morpholine rings is 1. The molecule has 2 fully saturated rings. The molecule has 0 radical (unpaired) electrons. The van der Waals surface area contributed by atoms with Gasteiger partial charge in [-0.2, -0.15) is 17.4 Å². The van der Waals surface area contributed by atoms with Crippen LogP contribution in [-0.2, 0) is 24.5 Å². The van der Waals surface area contributed by atoms with Crippen LogP contribution in [0.2, 0.25) is 0 Å². The van der Waals surface area contributed by atoms with Gasteiger partial charge in [0.05, 0.1) is 31.9 Å². The molecule has 47 heavy (non-hydrogen) atoms. The van der Waals surface area contributed by atoms with Crippen molar-refractivity contribution < 1.29 is 33.0 Å². The number of aliphatic hydroxyl groups is 2. The Labute approximate surface area is 279 Å². The molecular weight excluding hydrogens is 620 g/mol. The van der Waals surface area contributed by atoms with Crippen LogP contribution in [0.4, 0.5) is 0 Å². The van der Waals surface area contributed by atoms with E-state index in [0.717, 1.165) is 25.7 Å². The van der Waals surface area contributed by atoms with Crippen LogP contribution in [0.15, 0.2) is 55.1 Å². The molecule has 2 aromatic rings. The summed E-state index contributed by atoms with van der Waals surface area (Å²) in [5, 5.41) is 30.2. The van der Waals surface area contributed by atoms with Crippen LogP contribution in [0.3, 0.4) is 0 Å². The average Bonchev–Trinajstić information content (AvgIpc) is 3.06. The Morgan fingerprint density at radius 1 is 1.02 bits per heavy atom. The first-order valence-electron chi connectivity index (χ1n) is 16.8. The topological polar surface area (TPSA) is 157 Å². The van der Waals surface area contributed by atoms with Crippen LogP contribution in [0.25, 0.3) is 10.8 Å². The molecule has 1 aliphatic heterocycles. The Balaban J connectivity index is 1.39. The highest BCUT2D eigenvalue weighted by molar-refractivity contribution is 7.87.